The summed E-state index contributed by atoms with van der Waals surface area (Å²) in [5, 5.41) is 4.95. The van der Waals surface area contributed by atoms with Gasteiger partial charge in [0.15, 0.2) is 5.13 Å². The second-order valence-corrected chi connectivity index (χ2v) is 7.64. The number of furan rings is 1. The summed E-state index contributed by atoms with van der Waals surface area (Å²) in [4.78, 5) is 30.4. The van der Waals surface area contributed by atoms with Crippen LogP contribution in [0.5, 0.6) is 0 Å². The third-order valence-corrected chi connectivity index (χ3v) is 4.66. The number of nitrogens with one attached hydrogen (secondary N) is 1. The van der Waals surface area contributed by atoms with Gasteiger partial charge < -0.3 is 15.1 Å². The number of aryl methyl sites for hydroxylation is 1. The summed E-state index contributed by atoms with van der Waals surface area (Å²) < 4.78 is 5.12. The largest absolute Gasteiger partial charge is 0.469 e. The van der Waals surface area contributed by atoms with Crippen LogP contribution in [-0.2, 0) is 11.2 Å². The number of hydrogen-bond donors (Lipinski definition) is 2. The SMILES string of the molecule is Cc1occc1C(=O)Nc1nc(CC(=O)N(C)CC(C)(C)CN)cs1.Cl.Cl. The van der Waals surface area contributed by atoms with E-state index in [0.717, 1.165) is 0 Å². The lowest BCUT2D eigenvalue weighted by atomic mass is 9.93. The highest BCUT2D eigenvalue weighted by atomic mass is 35.5. The Morgan fingerprint density at radius 3 is 2.59 bits per heavy atom. The molecule has 2 aromatic rings. The highest BCUT2D eigenvalue weighted by Gasteiger charge is 2.22. The van der Waals surface area contributed by atoms with Gasteiger partial charge in [-0.25, -0.2) is 4.98 Å². The van der Waals surface area contributed by atoms with Crippen LogP contribution in [0, 0.1) is 12.3 Å². The fraction of sp³-hybridized carbons (Fsp3) is 0.471. The first-order valence-corrected chi connectivity index (χ1v) is 8.83. The summed E-state index contributed by atoms with van der Waals surface area (Å²) >= 11 is 1.29. The van der Waals surface area contributed by atoms with Crippen LogP contribution in [0.1, 0.15) is 35.7 Å². The van der Waals surface area contributed by atoms with Crippen LogP contribution in [0.2, 0.25) is 0 Å². The van der Waals surface area contributed by atoms with Gasteiger partial charge in [-0.05, 0) is 24.9 Å². The number of halogens is 2. The number of likely N-dealkylation sites (N-methyl/N-ethyl adjacent to an activating group) is 1. The van der Waals surface area contributed by atoms with Crippen molar-refractivity contribution in [3.8, 4) is 0 Å². The highest BCUT2D eigenvalue weighted by Crippen LogP contribution is 2.19. The van der Waals surface area contributed by atoms with Crippen molar-refractivity contribution in [1.29, 1.82) is 0 Å². The van der Waals surface area contributed by atoms with E-state index in [2.05, 4.69) is 10.3 Å². The van der Waals surface area contributed by atoms with E-state index in [0.29, 0.717) is 35.2 Å². The van der Waals surface area contributed by atoms with E-state index >= 15 is 0 Å². The molecule has 0 aliphatic heterocycles. The first kappa shape index (κ1) is 25.4. The molecule has 0 unspecified atom stereocenters. The maximum Gasteiger partial charge on any atom is 0.260 e. The number of hydrogen-bond acceptors (Lipinski definition) is 6. The minimum atomic E-state index is -0.278. The molecule has 2 rings (SSSR count). The van der Waals surface area contributed by atoms with Crippen molar-refractivity contribution in [3.63, 3.8) is 0 Å². The molecule has 0 aliphatic carbocycles. The fourth-order valence-corrected chi connectivity index (χ4v) is 3.02. The van der Waals surface area contributed by atoms with Crippen molar-refractivity contribution >= 4 is 53.1 Å². The van der Waals surface area contributed by atoms with Crippen LogP contribution in [0.15, 0.2) is 22.1 Å². The van der Waals surface area contributed by atoms with E-state index in [1.807, 2.05) is 13.8 Å². The number of anilines is 1. The van der Waals surface area contributed by atoms with E-state index in [-0.39, 0.29) is 48.5 Å². The van der Waals surface area contributed by atoms with Crippen molar-refractivity contribution in [2.75, 3.05) is 25.5 Å². The molecule has 0 spiro atoms. The molecule has 2 aromatic heterocycles. The van der Waals surface area contributed by atoms with Crippen LogP contribution in [0.4, 0.5) is 5.13 Å². The van der Waals surface area contributed by atoms with Gasteiger partial charge in [0.2, 0.25) is 5.91 Å². The Bertz CT molecular complexity index is 761. The third kappa shape index (κ3) is 7.14. The molecule has 0 bridgehead atoms. The van der Waals surface area contributed by atoms with Gasteiger partial charge >= 0.3 is 0 Å². The monoisotopic (exact) mass is 436 g/mol. The number of carbonyl (C=O) groups excluding carboxylic acids is 2. The molecule has 27 heavy (non-hydrogen) atoms. The first-order chi connectivity index (χ1) is 11.7. The molecule has 0 atom stereocenters. The lowest BCUT2D eigenvalue weighted by molar-refractivity contribution is -0.130. The van der Waals surface area contributed by atoms with Crippen LogP contribution in [-0.4, -0.2) is 41.8 Å². The van der Waals surface area contributed by atoms with Crippen LogP contribution in [0.25, 0.3) is 0 Å². The Morgan fingerprint density at radius 1 is 1.37 bits per heavy atom. The summed E-state index contributed by atoms with van der Waals surface area (Å²) in [7, 11) is 1.76. The van der Waals surface area contributed by atoms with Gasteiger partial charge in [0.1, 0.15) is 5.76 Å². The summed E-state index contributed by atoms with van der Waals surface area (Å²) in [6.45, 7) is 6.84. The normalized spacial score (nSPS) is 10.6. The molecular formula is C17H26Cl2N4O3S. The standard InChI is InChI=1S/C17H24N4O3S.2ClH/c1-11-13(5-6-24-11)15(23)20-16-19-12(8-25-16)7-14(22)21(4)10-17(2,3)9-18;;/h5-6,8H,7,9-10,18H2,1-4H3,(H,19,20,23);2*1H. The number of nitrogens with two attached hydrogens (primary N) is 1. The predicted molar refractivity (Wildman–Crippen MR) is 112 cm³/mol. The molecule has 2 amide bonds. The van der Waals surface area contributed by atoms with Crippen molar-refractivity contribution in [2.24, 2.45) is 11.1 Å². The number of carbonyl (C=O) groups is 2. The molecule has 0 saturated carbocycles. The molecule has 0 saturated heterocycles. The van der Waals surface area contributed by atoms with E-state index in [1.54, 1.807) is 30.3 Å². The molecule has 7 nitrogen and oxygen atoms in total. The van der Waals surface area contributed by atoms with Crippen LogP contribution >= 0.6 is 36.2 Å². The third-order valence-electron chi connectivity index (χ3n) is 3.85. The van der Waals surface area contributed by atoms with E-state index < -0.39 is 0 Å². The lowest BCUT2D eigenvalue weighted by Gasteiger charge is -2.28. The number of thiazole rings is 1. The zero-order chi connectivity index (χ0) is 18.6. The van der Waals surface area contributed by atoms with Gasteiger partial charge in [0.05, 0.1) is 23.9 Å². The van der Waals surface area contributed by atoms with Gasteiger partial charge in [-0.3, -0.25) is 14.9 Å². The van der Waals surface area contributed by atoms with Gasteiger partial charge in [-0.2, -0.15) is 0 Å². The van der Waals surface area contributed by atoms with E-state index in [1.165, 1.54) is 17.6 Å². The zero-order valence-corrected chi connectivity index (χ0v) is 18.2. The molecule has 0 aliphatic rings. The molecular weight excluding hydrogens is 411 g/mol. The van der Waals surface area contributed by atoms with E-state index in [4.69, 9.17) is 10.2 Å². The number of nitrogens with zero attached hydrogens (tertiary/aromatic N) is 2. The second-order valence-electron chi connectivity index (χ2n) is 6.78. The maximum atomic E-state index is 12.3. The van der Waals surface area contributed by atoms with Crippen molar-refractivity contribution in [1.82, 2.24) is 9.88 Å². The van der Waals surface area contributed by atoms with Gasteiger partial charge in [-0.15, -0.1) is 36.2 Å². The Kier molecular flexibility index (Phi) is 10.0. The Morgan fingerprint density at radius 2 is 2.04 bits per heavy atom. The number of amides is 2. The molecule has 152 valence electrons. The molecule has 3 N–H and O–H groups in total. The molecule has 0 fully saturated rings. The average molecular weight is 437 g/mol. The fourth-order valence-electron chi connectivity index (χ4n) is 2.32. The highest BCUT2D eigenvalue weighted by molar-refractivity contribution is 7.14. The molecule has 0 radical (unpaired) electrons. The number of rotatable bonds is 7. The smallest absolute Gasteiger partial charge is 0.260 e. The van der Waals surface area contributed by atoms with E-state index in [9.17, 15) is 9.59 Å². The molecule has 0 aromatic carbocycles. The summed E-state index contributed by atoms with van der Waals surface area (Å²) in [5.41, 5.74) is 6.68. The van der Waals surface area contributed by atoms with Gasteiger partial charge in [0.25, 0.3) is 5.91 Å². The summed E-state index contributed by atoms with van der Waals surface area (Å²) in [6.07, 6.45) is 1.66. The zero-order valence-electron chi connectivity index (χ0n) is 15.8. The Labute approximate surface area is 175 Å². The summed E-state index contributed by atoms with van der Waals surface area (Å²) in [5.74, 6) is 0.240. The summed E-state index contributed by atoms with van der Waals surface area (Å²) in [6, 6.07) is 1.61. The van der Waals surface area contributed by atoms with Gasteiger partial charge in [-0.1, -0.05) is 13.8 Å². The van der Waals surface area contributed by atoms with Crippen molar-refractivity contribution < 1.29 is 14.0 Å². The first-order valence-electron chi connectivity index (χ1n) is 7.96. The van der Waals surface area contributed by atoms with Gasteiger partial charge in [0, 0.05) is 19.0 Å². The predicted octanol–water partition coefficient (Wildman–Crippen LogP) is 3.13. The quantitative estimate of drug-likeness (QED) is 0.693. The minimum Gasteiger partial charge on any atom is -0.469 e. The van der Waals surface area contributed by atoms with Crippen LogP contribution < -0.4 is 11.1 Å². The molecule has 10 heteroatoms. The van der Waals surface area contributed by atoms with Crippen molar-refractivity contribution in [2.45, 2.75) is 27.2 Å². The minimum absolute atomic E-state index is 0. The topological polar surface area (TPSA) is 101 Å². The van der Waals surface area contributed by atoms with Crippen LogP contribution in [0.3, 0.4) is 0 Å². The van der Waals surface area contributed by atoms with Crippen molar-refractivity contribution in [3.05, 3.63) is 34.7 Å². The number of aromatic nitrogens is 1. The Balaban J connectivity index is 0.00000338. The Hall–Kier alpha value is -1.61. The lowest BCUT2D eigenvalue weighted by Crippen LogP contribution is -2.40. The average Bonchev–Trinajstić information content (AvgIpc) is 3.15. The maximum absolute atomic E-state index is 12.3. The second kappa shape index (κ2) is 10.7. The molecule has 2 heterocycles.